The highest BCUT2D eigenvalue weighted by atomic mass is 19.3. The van der Waals surface area contributed by atoms with E-state index in [1.54, 1.807) is 11.9 Å². The van der Waals surface area contributed by atoms with E-state index < -0.39 is 5.92 Å². The predicted molar refractivity (Wildman–Crippen MR) is 43.0 cm³/mol. The van der Waals surface area contributed by atoms with Gasteiger partial charge in [-0.15, -0.1) is 0 Å². The molecule has 0 aliphatic rings. The van der Waals surface area contributed by atoms with E-state index in [0.29, 0.717) is 0 Å². The molecule has 0 spiro atoms. The van der Waals surface area contributed by atoms with Gasteiger partial charge in [0.25, 0.3) is 5.92 Å². The maximum atomic E-state index is 12.5. The number of hydrogen-bond acceptors (Lipinski definition) is 1. The van der Waals surface area contributed by atoms with Crippen LogP contribution in [0.15, 0.2) is 0 Å². The lowest BCUT2D eigenvalue weighted by atomic mass is 10.1. The standard InChI is InChI=1S/C8H17F2N/c1-7(2,3)11(5)6-8(4,9)10/h6H2,1-5H3. The SMILES string of the molecule is CN(CC(C)(F)F)C(C)(C)C. The van der Waals surface area contributed by atoms with E-state index in [2.05, 4.69) is 0 Å². The van der Waals surface area contributed by atoms with E-state index in [9.17, 15) is 8.78 Å². The normalized spacial score (nSPS) is 14.2. The Morgan fingerprint density at radius 3 is 1.55 bits per heavy atom. The Balaban J connectivity index is 3.99. The summed E-state index contributed by atoms with van der Waals surface area (Å²) in [5, 5.41) is 0. The highest BCUT2D eigenvalue weighted by molar-refractivity contribution is 4.76. The topological polar surface area (TPSA) is 3.24 Å². The van der Waals surface area contributed by atoms with Gasteiger partial charge in [-0.25, -0.2) is 8.78 Å². The van der Waals surface area contributed by atoms with Crippen LogP contribution in [0.25, 0.3) is 0 Å². The Morgan fingerprint density at radius 1 is 1.09 bits per heavy atom. The maximum absolute atomic E-state index is 12.5. The molecule has 0 heterocycles. The first-order chi connectivity index (χ1) is 4.63. The van der Waals surface area contributed by atoms with E-state index >= 15 is 0 Å². The number of rotatable bonds is 2. The van der Waals surface area contributed by atoms with E-state index in [4.69, 9.17) is 0 Å². The minimum Gasteiger partial charge on any atom is -0.296 e. The second-order valence-corrected chi connectivity index (χ2v) is 4.10. The second-order valence-electron chi connectivity index (χ2n) is 4.10. The van der Waals surface area contributed by atoms with Crippen LogP contribution in [0.3, 0.4) is 0 Å². The summed E-state index contributed by atoms with van der Waals surface area (Å²) in [6.07, 6.45) is 0. The summed E-state index contributed by atoms with van der Waals surface area (Å²) in [5.74, 6) is -2.60. The fourth-order valence-corrected chi connectivity index (χ4v) is 0.654. The van der Waals surface area contributed by atoms with Crippen LogP contribution in [0.1, 0.15) is 27.7 Å². The molecule has 11 heavy (non-hydrogen) atoms. The van der Waals surface area contributed by atoms with Gasteiger partial charge in [0.1, 0.15) is 0 Å². The van der Waals surface area contributed by atoms with Crippen molar-refractivity contribution in [3.05, 3.63) is 0 Å². The first-order valence-electron chi connectivity index (χ1n) is 3.72. The molecule has 0 rings (SSSR count). The van der Waals surface area contributed by atoms with E-state index in [1.165, 1.54) is 0 Å². The molecular formula is C8H17F2N. The van der Waals surface area contributed by atoms with Crippen LogP contribution >= 0.6 is 0 Å². The summed E-state index contributed by atoms with van der Waals surface area (Å²) in [5.41, 5.74) is -0.181. The van der Waals surface area contributed by atoms with E-state index in [0.717, 1.165) is 6.92 Å². The number of halogens is 2. The Hall–Kier alpha value is -0.180. The van der Waals surface area contributed by atoms with Gasteiger partial charge in [-0.1, -0.05) is 0 Å². The second kappa shape index (κ2) is 3.05. The van der Waals surface area contributed by atoms with Crippen LogP contribution in [0.2, 0.25) is 0 Å². The zero-order chi connectivity index (χ0) is 9.28. The summed E-state index contributed by atoms with van der Waals surface area (Å²) in [6.45, 7) is 6.50. The molecule has 0 saturated carbocycles. The molecule has 0 radical (unpaired) electrons. The molecule has 0 aliphatic carbocycles. The van der Waals surface area contributed by atoms with Gasteiger partial charge in [-0.3, -0.25) is 4.90 Å². The molecule has 0 N–H and O–H groups in total. The van der Waals surface area contributed by atoms with Gasteiger partial charge in [0.05, 0.1) is 6.54 Å². The zero-order valence-electron chi connectivity index (χ0n) is 7.91. The molecule has 0 saturated heterocycles. The van der Waals surface area contributed by atoms with Crippen molar-refractivity contribution in [3.8, 4) is 0 Å². The highest BCUT2D eigenvalue weighted by Crippen LogP contribution is 2.18. The molecule has 0 unspecified atom stereocenters. The first-order valence-corrected chi connectivity index (χ1v) is 3.72. The summed E-state index contributed by atoms with van der Waals surface area (Å²) in [4.78, 5) is 1.65. The van der Waals surface area contributed by atoms with Crippen molar-refractivity contribution in [1.29, 1.82) is 0 Å². The van der Waals surface area contributed by atoms with Gasteiger partial charge in [-0.2, -0.15) is 0 Å². The van der Waals surface area contributed by atoms with Crippen LogP contribution in [0.5, 0.6) is 0 Å². The monoisotopic (exact) mass is 165 g/mol. The molecule has 0 aromatic heterocycles. The average molecular weight is 165 g/mol. The minimum atomic E-state index is -2.60. The van der Waals surface area contributed by atoms with Crippen molar-refractivity contribution < 1.29 is 8.78 Å². The van der Waals surface area contributed by atoms with Crippen molar-refractivity contribution in [2.45, 2.75) is 39.2 Å². The fraction of sp³-hybridized carbons (Fsp3) is 1.00. The molecule has 0 atom stereocenters. The zero-order valence-corrected chi connectivity index (χ0v) is 7.91. The van der Waals surface area contributed by atoms with Crippen LogP contribution in [-0.4, -0.2) is 30.0 Å². The Labute approximate surface area is 67.4 Å². The largest absolute Gasteiger partial charge is 0.296 e. The van der Waals surface area contributed by atoms with Crippen molar-refractivity contribution >= 4 is 0 Å². The third-order valence-corrected chi connectivity index (χ3v) is 1.66. The molecule has 0 amide bonds. The van der Waals surface area contributed by atoms with E-state index in [1.807, 2.05) is 20.8 Å². The Kier molecular flexibility index (Phi) is 3.00. The number of alkyl halides is 2. The first kappa shape index (κ1) is 10.8. The smallest absolute Gasteiger partial charge is 0.257 e. The lowest BCUT2D eigenvalue weighted by Crippen LogP contribution is -2.44. The molecule has 0 fully saturated rings. The van der Waals surface area contributed by atoms with Crippen molar-refractivity contribution in [2.24, 2.45) is 0 Å². The predicted octanol–water partition coefficient (Wildman–Crippen LogP) is 2.37. The third kappa shape index (κ3) is 5.13. The summed E-state index contributed by atoms with van der Waals surface area (Å²) >= 11 is 0. The Morgan fingerprint density at radius 2 is 1.45 bits per heavy atom. The average Bonchev–Trinajstić information content (AvgIpc) is 1.56. The molecule has 3 heteroatoms. The van der Waals surface area contributed by atoms with E-state index in [-0.39, 0.29) is 12.1 Å². The fourth-order valence-electron chi connectivity index (χ4n) is 0.654. The quantitative estimate of drug-likeness (QED) is 0.607. The van der Waals surface area contributed by atoms with Gasteiger partial charge in [0.15, 0.2) is 0 Å². The van der Waals surface area contributed by atoms with Gasteiger partial charge in [-0.05, 0) is 27.8 Å². The van der Waals surface area contributed by atoms with Gasteiger partial charge in [0.2, 0.25) is 0 Å². The molecule has 1 nitrogen and oxygen atoms in total. The molecule has 68 valence electrons. The van der Waals surface area contributed by atoms with Gasteiger partial charge in [0, 0.05) is 12.5 Å². The Bertz CT molecular complexity index is 121. The minimum absolute atomic E-state index is 0.181. The van der Waals surface area contributed by atoms with Crippen LogP contribution < -0.4 is 0 Å². The number of nitrogens with zero attached hydrogens (tertiary/aromatic N) is 1. The van der Waals surface area contributed by atoms with Crippen molar-refractivity contribution in [3.63, 3.8) is 0 Å². The molecule has 0 aromatic rings. The molecular weight excluding hydrogens is 148 g/mol. The lowest BCUT2D eigenvalue weighted by Gasteiger charge is -2.33. The molecule has 0 aliphatic heterocycles. The molecule has 0 aromatic carbocycles. The summed E-state index contributed by atoms with van der Waals surface area (Å²) in [7, 11) is 1.71. The van der Waals surface area contributed by atoms with Crippen LogP contribution in [0.4, 0.5) is 8.78 Å². The summed E-state index contributed by atoms with van der Waals surface area (Å²) < 4.78 is 24.9. The lowest BCUT2D eigenvalue weighted by molar-refractivity contribution is -0.0288. The molecule has 0 bridgehead atoms. The van der Waals surface area contributed by atoms with Gasteiger partial charge < -0.3 is 0 Å². The van der Waals surface area contributed by atoms with Crippen LogP contribution in [-0.2, 0) is 0 Å². The highest BCUT2D eigenvalue weighted by Gasteiger charge is 2.28. The number of hydrogen-bond donors (Lipinski definition) is 0. The van der Waals surface area contributed by atoms with Crippen LogP contribution in [0, 0.1) is 0 Å². The van der Waals surface area contributed by atoms with Crippen molar-refractivity contribution in [2.75, 3.05) is 13.6 Å². The summed E-state index contributed by atoms with van der Waals surface area (Å²) in [6, 6.07) is 0. The maximum Gasteiger partial charge on any atom is 0.257 e. The van der Waals surface area contributed by atoms with Crippen molar-refractivity contribution in [1.82, 2.24) is 4.90 Å². The van der Waals surface area contributed by atoms with Gasteiger partial charge >= 0.3 is 0 Å². The third-order valence-electron chi connectivity index (χ3n) is 1.66.